The van der Waals surface area contributed by atoms with Crippen LogP contribution in [0, 0.1) is 0 Å². The van der Waals surface area contributed by atoms with Crippen molar-refractivity contribution in [2.24, 2.45) is 5.73 Å². The van der Waals surface area contributed by atoms with E-state index in [1.165, 1.54) is 28.2 Å². The van der Waals surface area contributed by atoms with Gasteiger partial charge in [0.25, 0.3) is 0 Å². The second-order valence-corrected chi connectivity index (χ2v) is 6.96. The maximum absolute atomic E-state index is 12.4. The van der Waals surface area contributed by atoms with Crippen LogP contribution in [0.2, 0.25) is 0 Å². The third kappa shape index (κ3) is 2.52. The van der Waals surface area contributed by atoms with E-state index in [0.29, 0.717) is 18.1 Å². The van der Waals surface area contributed by atoms with Crippen LogP contribution in [0.5, 0.6) is 0 Å². The Morgan fingerprint density at radius 3 is 2.61 bits per heavy atom. The predicted octanol–water partition coefficient (Wildman–Crippen LogP) is 0.278. The summed E-state index contributed by atoms with van der Waals surface area (Å²) >= 11 is 1.54. The van der Waals surface area contributed by atoms with E-state index < -0.39 is 22.0 Å². The van der Waals surface area contributed by atoms with Crippen molar-refractivity contribution in [1.29, 1.82) is 0 Å². The molecule has 1 heterocycles. The summed E-state index contributed by atoms with van der Waals surface area (Å²) in [5.41, 5.74) is 5.27. The molecule has 0 aliphatic carbocycles. The highest BCUT2D eigenvalue weighted by Gasteiger charge is 2.36. The summed E-state index contributed by atoms with van der Waals surface area (Å²) in [7, 11) is -3.64. The van der Waals surface area contributed by atoms with E-state index in [1.54, 1.807) is 18.2 Å². The number of amides is 1. The molecular weight excluding hydrogens is 272 g/mol. The topological polar surface area (TPSA) is 80.5 Å². The molecule has 1 aromatic carbocycles. The van der Waals surface area contributed by atoms with Crippen molar-refractivity contribution in [1.82, 2.24) is 4.31 Å². The Morgan fingerprint density at radius 1 is 1.33 bits per heavy atom. The zero-order valence-corrected chi connectivity index (χ0v) is 11.3. The van der Waals surface area contributed by atoms with Gasteiger partial charge in [0, 0.05) is 18.1 Å². The molecule has 1 amide bonds. The van der Waals surface area contributed by atoms with Crippen LogP contribution in [-0.2, 0) is 14.8 Å². The maximum Gasteiger partial charge on any atom is 0.243 e. The maximum atomic E-state index is 12.4. The molecule has 0 radical (unpaired) electrons. The van der Waals surface area contributed by atoms with Crippen LogP contribution in [0.4, 0.5) is 0 Å². The highest BCUT2D eigenvalue weighted by Crippen LogP contribution is 2.24. The van der Waals surface area contributed by atoms with E-state index in [4.69, 9.17) is 5.73 Å². The normalized spacial score (nSPS) is 21.7. The Balaban J connectivity index is 2.36. The fourth-order valence-electron chi connectivity index (χ4n) is 1.83. The molecule has 98 valence electrons. The molecule has 0 bridgehead atoms. The molecule has 2 rings (SSSR count). The van der Waals surface area contributed by atoms with Crippen LogP contribution >= 0.6 is 11.8 Å². The molecule has 2 N–H and O–H groups in total. The standard InChI is InChI=1S/C11H14N2O3S2/c12-11(14)10-8-17-7-6-13(10)18(15,16)9-4-2-1-3-5-9/h1-5,10H,6-8H2,(H2,12,14). The number of nitrogens with zero attached hydrogens (tertiary/aromatic N) is 1. The lowest BCUT2D eigenvalue weighted by Gasteiger charge is -2.32. The molecule has 1 atom stereocenters. The molecular formula is C11H14N2O3S2. The zero-order chi connectivity index (χ0) is 13.2. The largest absolute Gasteiger partial charge is 0.368 e. The van der Waals surface area contributed by atoms with Gasteiger partial charge in [0.05, 0.1) is 4.90 Å². The van der Waals surface area contributed by atoms with Crippen molar-refractivity contribution in [3.8, 4) is 0 Å². The molecule has 1 fully saturated rings. The summed E-state index contributed by atoms with van der Waals surface area (Å²) in [6.45, 7) is 0.315. The molecule has 18 heavy (non-hydrogen) atoms. The van der Waals surface area contributed by atoms with Gasteiger partial charge in [0.2, 0.25) is 15.9 Å². The first kappa shape index (κ1) is 13.4. The van der Waals surface area contributed by atoms with E-state index in [0.717, 1.165) is 0 Å². The summed E-state index contributed by atoms with van der Waals surface area (Å²) in [5.74, 6) is 0.499. The molecule has 1 aliphatic heterocycles. The van der Waals surface area contributed by atoms with Gasteiger partial charge in [-0.05, 0) is 12.1 Å². The smallest absolute Gasteiger partial charge is 0.243 e. The Hall–Kier alpha value is -1.05. The number of sulfonamides is 1. The van der Waals surface area contributed by atoms with Crippen molar-refractivity contribution >= 4 is 27.7 Å². The minimum Gasteiger partial charge on any atom is -0.368 e. The third-order valence-electron chi connectivity index (χ3n) is 2.76. The van der Waals surface area contributed by atoms with Gasteiger partial charge in [-0.3, -0.25) is 4.79 Å². The lowest BCUT2D eigenvalue weighted by Crippen LogP contribution is -2.52. The van der Waals surface area contributed by atoms with Gasteiger partial charge in [-0.2, -0.15) is 16.1 Å². The number of hydrogen-bond acceptors (Lipinski definition) is 4. The van der Waals surface area contributed by atoms with Gasteiger partial charge in [-0.25, -0.2) is 8.42 Å². The fourth-order valence-corrected chi connectivity index (χ4v) is 4.71. The van der Waals surface area contributed by atoms with E-state index in [1.807, 2.05) is 0 Å². The van der Waals surface area contributed by atoms with Crippen molar-refractivity contribution in [2.45, 2.75) is 10.9 Å². The Labute approximate surface area is 110 Å². The Bertz CT molecular complexity index is 530. The van der Waals surface area contributed by atoms with E-state index in [-0.39, 0.29) is 4.90 Å². The number of thioether (sulfide) groups is 1. The van der Waals surface area contributed by atoms with E-state index >= 15 is 0 Å². The highest BCUT2D eigenvalue weighted by atomic mass is 32.2. The summed E-state index contributed by atoms with van der Waals surface area (Å²) in [4.78, 5) is 11.5. The minimum atomic E-state index is -3.64. The van der Waals surface area contributed by atoms with Crippen LogP contribution < -0.4 is 5.73 Å². The van der Waals surface area contributed by atoms with Crippen LogP contribution in [-0.4, -0.2) is 42.7 Å². The molecule has 0 saturated carbocycles. The first-order valence-corrected chi connectivity index (χ1v) is 8.07. The lowest BCUT2D eigenvalue weighted by atomic mass is 10.3. The molecule has 0 spiro atoms. The minimum absolute atomic E-state index is 0.197. The second-order valence-electron chi connectivity index (χ2n) is 3.92. The molecule has 7 heteroatoms. The van der Waals surface area contributed by atoms with Gasteiger partial charge >= 0.3 is 0 Å². The number of carbonyl (C=O) groups is 1. The molecule has 5 nitrogen and oxygen atoms in total. The van der Waals surface area contributed by atoms with Gasteiger partial charge in [-0.15, -0.1) is 0 Å². The monoisotopic (exact) mass is 286 g/mol. The summed E-state index contributed by atoms with van der Waals surface area (Å²) < 4.78 is 26.0. The average molecular weight is 286 g/mol. The molecule has 1 unspecified atom stereocenters. The quantitative estimate of drug-likeness (QED) is 0.865. The number of nitrogens with two attached hydrogens (primary N) is 1. The van der Waals surface area contributed by atoms with Gasteiger partial charge in [0.1, 0.15) is 6.04 Å². The second kappa shape index (κ2) is 5.29. The fraction of sp³-hybridized carbons (Fsp3) is 0.364. The van der Waals surface area contributed by atoms with Crippen LogP contribution in [0.3, 0.4) is 0 Å². The van der Waals surface area contributed by atoms with E-state index in [9.17, 15) is 13.2 Å². The Kier molecular flexibility index (Phi) is 3.94. The third-order valence-corrected chi connectivity index (χ3v) is 5.70. The number of benzene rings is 1. The molecule has 1 saturated heterocycles. The number of carbonyl (C=O) groups excluding carboxylic acids is 1. The van der Waals surface area contributed by atoms with Crippen molar-refractivity contribution in [2.75, 3.05) is 18.1 Å². The van der Waals surface area contributed by atoms with Crippen molar-refractivity contribution < 1.29 is 13.2 Å². The van der Waals surface area contributed by atoms with Gasteiger partial charge in [0.15, 0.2) is 0 Å². The van der Waals surface area contributed by atoms with E-state index in [2.05, 4.69) is 0 Å². The zero-order valence-electron chi connectivity index (χ0n) is 9.65. The average Bonchev–Trinajstić information content (AvgIpc) is 2.39. The van der Waals surface area contributed by atoms with Crippen molar-refractivity contribution in [3.05, 3.63) is 30.3 Å². The molecule has 0 aromatic heterocycles. The predicted molar refractivity (Wildman–Crippen MR) is 70.6 cm³/mol. The number of rotatable bonds is 3. The Morgan fingerprint density at radius 2 is 2.00 bits per heavy atom. The van der Waals surface area contributed by atoms with Crippen molar-refractivity contribution in [3.63, 3.8) is 0 Å². The van der Waals surface area contributed by atoms with Crippen LogP contribution in [0.25, 0.3) is 0 Å². The summed E-state index contributed by atoms with van der Waals surface area (Å²) in [5, 5.41) is 0. The number of primary amides is 1. The SMILES string of the molecule is NC(=O)C1CSCCN1S(=O)(=O)c1ccccc1. The lowest BCUT2D eigenvalue weighted by molar-refractivity contribution is -0.121. The molecule has 1 aliphatic rings. The van der Waals surface area contributed by atoms with Crippen LogP contribution in [0.15, 0.2) is 35.2 Å². The first-order chi connectivity index (χ1) is 8.53. The summed E-state index contributed by atoms with van der Waals surface area (Å²) in [6, 6.07) is 7.35. The molecule has 1 aromatic rings. The van der Waals surface area contributed by atoms with Gasteiger partial charge in [-0.1, -0.05) is 18.2 Å². The first-order valence-electron chi connectivity index (χ1n) is 5.47. The highest BCUT2D eigenvalue weighted by molar-refractivity contribution is 7.99. The number of hydrogen-bond donors (Lipinski definition) is 1. The van der Waals surface area contributed by atoms with Gasteiger partial charge < -0.3 is 5.73 Å². The summed E-state index contributed by atoms with van der Waals surface area (Å²) in [6.07, 6.45) is 0. The van der Waals surface area contributed by atoms with Crippen LogP contribution in [0.1, 0.15) is 0 Å².